The highest BCUT2D eigenvalue weighted by Crippen LogP contribution is 2.22. The van der Waals surface area contributed by atoms with Crippen molar-refractivity contribution in [2.45, 2.75) is 19.0 Å². The molecule has 0 aliphatic heterocycles. The molecule has 0 saturated heterocycles. The van der Waals surface area contributed by atoms with Crippen LogP contribution in [0.3, 0.4) is 0 Å². The van der Waals surface area contributed by atoms with E-state index in [0.29, 0.717) is 5.57 Å². The van der Waals surface area contributed by atoms with Gasteiger partial charge >= 0.3 is 0 Å². The molecule has 0 spiro atoms. The lowest BCUT2D eigenvalue weighted by atomic mass is 9.97. The van der Waals surface area contributed by atoms with Crippen LogP contribution in [-0.2, 0) is 0 Å². The standard InChI is InChI=1S/C7H10N2O3/c1-5-2-3-7(8,9(11)12)4-6(5)10/h2,4,10H,3,8H2,1H3. The Labute approximate surface area is 69.3 Å². The minimum Gasteiger partial charge on any atom is -0.508 e. The molecule has 66 valence electrons. The Kier molecular flexibility index (Phi) is 1.89. The normalized spacial score (nSPS) is 29.2. The smallest absolute Gasteiger partial charge is 0.298 e. The summed E-state index contributed by atoms with van der Waals surface area (Å²) in [5.41, 5.74) is 4.36. The number of nitrogens with two attached hydrogens (primary N) is 1. The first-order valence-electron chi connectivity index (χ1n) is 3.48. The van der Waals surface area contributed by atoms with Crippen LogP contribution in [-0.4, -0.2) is 15.7 Å². The van der Waals surface area contributed by atoms with Gasteiger partial charge in [0, 0.05) is 4.92 Å². The third-order valence-electron chi connectivity index (χ3n) is 1.87. The molecular weight excluding hydrogens is 160 g/mol. The number of rotatable bonds is 1. The Morgan fingerprint density at radius 3 is 2.83 bits per heavy atom. The van der Waals surface area contributed by atoms with E-state index in [1.807, 2.05) is 0 Å². The maximum atomic E-state index is 10.4. The van der Waals surface area contributed by atoms with Crippen LogP contribution in [0.15, 0.2) is 23.5 Å². The second kappa shape index (κ2) is 2.60. The van der Waals surface area contributed by atoms with Crippen LogP contribution in [0.1, 0.15) is 13.3 Å². The molecule has 0 saturated carbocycles. The number of hydrogen-bond acceptors (Lipinski definition) is 4. The zero-order valence-corrected chi connectivity index (χ0v) is 6.65. The first-order chi connectivity index (χ1) is 5.46. The van der Waals surface area contributed by atoms with E-state index in [0.717, 1.165) is 6.08 Å². The zero-order chi connectivity index (χ0) is 9.35. The van der Waals surface area contributed by atoms with Crippen molar-refractivity contribution in [1.29, 1.82) is 0 Å². The van der Waals surface area contributed by atoms with Crippen molar-refractivity contribution in [2.75, 3.05) is 0 Å². The highest BCUT2D eigenvalue weighted by Gasteiger charge is 2.37. The third-order valence-corrected chi connectivity index (χ3v) is 1.87. The van der Waals surface area contributed by atoms with E-state index in [9.17, 15) is 15.2 Å². The van der Waals surface area contributed by atoms with Crippen molar-refractivity contribution in [1.82, 2.24) is 0 Å². The minimum absolute atomic E-state index is 0.111. The summed E-state index contributed by atoms with van der Waals surface area (Å²) >= 11 is 0. The fraction of sp³-hybridized carbons (Fsp3) is 0.429. The lowest BCUT2D eigenvalue weighted by Crippen LogP contribution is -2.46. The molecule has 5 nitrogen and oxygen atoms in total. The average Bonchev–Trinajstić information content (AvgIpc) is 1.97. The molecule has 3 N–H and O–H groups in total. The third kappa shape index (κ3) is 1.31. The molecule has 0 radical (unpaired) electrons. The first-order valence-corrected chi connectivity index (χ1v) is 3.48. The van der Waals surface area contributed by atoms with Crippen molar-refractivity contribution in [3.8, 4) is 0 Å². The largest absolute Gasteiger partial charge is 0.508 e. The summed E-state index contributed by atoms with van der Waals surface area (Å²) in [7, 11) is 0. The topological polar surface area (TPSA) is 89.4 Å². The Morgan fingerprint density at radius 1 is 1.83 bits per heavy atom. The van der Waals surface area contributed by atoms with Gasteiger partial charge in [0.25, 0.3) is 5.66 Å². The molecule has 0 amide bonds. The van der Waals surface area contributed by atoms with E-state index in [-0.39, 0.29) is 12.2 Å². The fourth-order valence-corrected chi connectivity index (χ4v) is 0.958. The van der Waals surface area contributed by atoms with Crippen LogP contribution in [0.4, 0.5) is 0 Å². The van der Waals surface area contributed by atoms with Crippen LogP contribution in [0, 0.1) is 10.1 Å². The van der Waals surface area contributed by atoms with Crippen molar-refractivity contribution in [2.24, 2.45) is 5.73 Å². The number of nitrogens with zero attached hydrogens (tertiary/aromatic N) is 1. The lowest BCUT2D eigenvalue weighted by molar-refractivity contribution is -0.553. The maximum Gasteiger partial charge on any atom is 0.298 e. The van der Waals surface area contributed by atoms with Crippen molar-refractivity contribution < 1.29 is 10.0 Å². The summed E-state index contributed by atoms with van der Waals surface area (Å²) in [6, 6.07) is 0. The zero-order valence-electron chi connectivity index (χ0n) is 6.65. The predicted octanol–water partition coefficient (Wildman–Crippen LogP) is 0.710. The molecule has 0 aromatic heterocycles. The van der Waals surface area contributed by atoms with E-state index < -0.39 is 10.6 Å². The van der Waals surface area contributed by atoms with E-state index in [2.05, 4.69) is 0 Å². The molecule has 0 aromatic carbocycles. The van der Waals surface area contributed by atoms with Gasteiger partial charge in [-0.1, -0.05) is 6.08 Å². The van der Waals surface area contributed by atoms with E-state index in [4.69, 9.17) is 5.73 Å². The van der Waals surface area contributed by atoms with Gasteiger partial charge < -0.3 is 5.11 Å². The number of aliphatic hydroxyl groups is 1. The summed E-state index contributed by atoms with van der Waals surface area (Å²) in [6.45, 7) is 1.67. The summed E-state index contributed by atoms with van der Waals surface area (Å²) in [5, 5.41) is 19.6. The molecule has 1 aliphatic rings. The van der Waals surface area contributed by atoms with Gasteiger partial charge in [-0.05, 0) is 12.5 Å². The van der Waals surface area contributed by atoms with Crippen molar-refractivity contribution in [3.63, 3.8) is 0 Å². The summed E-state index contributed by atoms with van der Waals surface area (Å²) in [6.07, 6.45) is 2.75. The summed E-state index contributed by atoms with van der Waals surface area (Å²) in [5.74, 6) is -0.111. The molecule has 1 rings (SSSR count). The lowest BCUT2D eigenvalue weighted by Gasteiger charge is -2.19. The van der Waals surface area contributed by atoms with Gasteiger partial charge in [-0.15, -0.1) is 0 Å². The second-order valence-corrected chi connectivity index (χ2v) is 2.87. The Hall–Kier alpha value is -1.36. The van der Waals surface area contributed by atoms with Gasteiger partial charge in [-0.25, -0.2) is 0 Å². The maximum absolute atomic E-state index is 10.4. The molecule has 1 aliphatic carbocycles. The van der Waals surface area contributed by atoms with Gasteiger partial charge in [0.15, 0.2) is 0 Å². The van der Waals surface area contributed by atoms with Crippen molar-refractivity contribution >= 4 is 0 Å². The molecule has 0 fully saturated rings. The highest BCUT2D eigenvalue weighted by atomic mass is 16.6. The van der Waals surface area contributed by atoms with Gasteiger partial charge in [0.05, 0.1) is 12.5 Å². The van der Waals surface area contributed by atoms with Gasteiger partial charge in [-0.2, -0.15) is 0 Å². The predicted molar refractivity (Wildman–Crippen MR) is 43.0 cm³/mol. The number of nitro groups is 1. The second-order valence-electron chi connectivity index (χ2n) is 2.87. The van der Waals surface area contributed by atoms with Crippen LogP contribution in [0.25, 0.3) is 0 Å². The SMILES string of the molecule is CC1=CCC(N)([N+](=O)[O-])C=C1O. The molecular formula is C7H10N2O3. The summed E-state index contributed by atoms with van der Waals surface area (Å²) in [4.78, 5) is 9.82. The highest BCUT2D eigenvalue weighted by molar-refractivity contribution is 5.30. The van der Waals surface area contributed by atoms with Gasteiger partial charge in [-0.3, -0.25) is 15.8 Å². The van der Waals surface area contributed by atoms with Crippen LogP contribution < -0.4 is 5.73 Å². The Bertz CT molecular complexity index is 282. The van der Waals surface area contributed by atoms with E-state index in [1.165, 1.54) is 0 Å². The Morgan fingerprint density at radius 2 is 2.42 bits per heavy atom. The molecule has 12 heavy (non-hydrogen) atoms. The average molecular weight is 170 g/mol. The quantitative estimate of drug-likeness (QED) is 0.344. The molecule has 0 bridgehead atoms. The molecule has 1 atom stereocenters. The minimum atomic E-state index is -1.64. The van der Waals surface area contributed by atoms with Crippen LogP contribution in [0.5, 0.6) is 0 Å². The summed E-state index contributed by atoms with van der Waals surface area (Å²) < 4.78 is 0. The first kappa shape index (κ1) is 8.73. The molecule has 1 unspecified atom stereocenters. The number of allylic oxidation sites excluding steroid dienone is 1. The molecule has 0 heterocycles. The molecule has 5 heteroatoms. The number of aliphatic hydroxyl groups excluding tert-OH is 1. The van der Waals surface area contributed by atoms with Crippen LogP contribution in [0.2, 0.25) is 0 Å². The van der Waals surface area contributed by atoms with E-state index >= 15 is 0 Å². The fourth-order valence-electron chi connectivity index (χ4n) is 0.958. The Balaban J connectivity index is 2.98. The monoisotopic (exact) mass is 170 g/mol. The van der Waals surface area contributed by atoms with Crippen molar-refractivity contribution in [3.05, 3.63) is 33.6 Å². The van der Waals surface area contributed by atoms with Crippen LogP contribution >= 0.6 is 0 Å². The van der Waals surface area contributed by atoms with E-state index in [1.54, 1.807) is 13.0 Å². The molecule has 0 aromatic rings. The van der Waals surface area contributed by atoms with Gasteiger partial charge in [0.2, 0.25) is 0 Å². The van der Waals surface area contributed by atoms with Gasteiger partial charge in [0.1, 0.15) is 5.76 Å². The number of hydrogen-bond donors (Lipinski definition) is 2.